The second kappa shape index (κ2) is 6.47. The van der Waals surface area contributed by atoms with Crippen LogP contribution >= 0.6 is 0 Å². The molecule has 1 aliphatic rings. The van der Waals surface area contributed by atoms with Gasteiger partial charge in [-0.3, -0.25) is 14.9 Å². The zero-order valence-corrected chi connectivity index (χ0v) is 11.5. The standard InChI is InChI=1S/C14H19N3O3/c1-16-7-5-11(6-8-16)10-15-14(18)12-3-2-4-13(9-12)17(19)20/h2-4,9,11H,5-8,10H2,1H3,(H,15,18). The first-order chi connectivity index (χ1) is 9.56. The number of nitrogens with one attached hydrogen (secondary N) is 1. The molecule has 1 amide bonds. The van der Waals surface area contributed by atoms with Crippen molar-refractivity contribution in [2.24, 2.45) is 5.92 Å². The van der Waals surface area contributed by atoms with Crippen LogP contribution in [0.5, 0.6) is 0 Å². The molecule has 1 fully saturated rings. The van der Waals surface area contributed by atoms with Crippen LogP contribution in [0.25, 0.3) is 0 Å². The first-order valence-electron chi connectivity index (χ1n) is 6.77. The van der Waals surface area contributed by atoms with E-state index in [-0.39, 0.29) is 11.6 Å². The quantitative estimate of drug-likeness (QED) is 0.671. The monoisotopic (exact) mass is 277 g/mol. The zero-order chi connectivity index (χ0) is 14.5. The lowest BCUT2D eigenvalue weighted by atomic mass is 9.97. The van der Waals surface area contributed by atoms with Crippen LogP contribution in [0.4, 0.5) is 5.69 Å². The third kappa shape index (κ3) is 3.77. The van der Waals surface area contributed by atoms with Crippen molar-refractivity contribution in [2.75, 3.05) is 26.7 Å². The Morgan fingerprint density at radius 1 is 1.45 bits per heavy atom. The van der Waals surface area contributed by atoms with Crippen LogP contribution < -0.4 is 5.32 Å². The van der Waals surface area contributed by atoms with E-state index in [0.717, 1.165) is 25.9 Å². The molecule has 6 nitrogen and oxygen atoms in total. The third-order valence-electron chi connectivity index (χ3n) is 3.71. The van der Waals surface area contributed by atoms with Crippen LogP contribution in [0.15, 0.2) is 24.3 Å². The molecule has 1 saturated heterocycles. The summed E-state index contributed by atoms with van der Waals surface area (Å²) in [5.74, 6) is 0.251. The number of benzene rings is 1. The fraction of sp³-hybridized carbons (Fsp3) is 0.500. The minimum atomic E-state index is -0.492. The number of nitro groups is 1. The molecule has 0 unspecified atom stereocenters. The molecular weight excluding hydrogens is 258 g/mol. The lowest BCUT2D eigenvalue weighted by Crippen LogP contribution is -2.36. The molecule has 1 aromatic carbocycles. The normalized spacial score (nSPS) is 16.9. The topological polar surface area (TPSA) is 75.5 Å². The molecule has 1 aliphatic heterocycles. The second-order valence-electron chi connectivity index (χ2n) is 5.26. The van der Waals surface area contributed by atoms with Crippen molar-refractivity contribution in [1.82, 2.24) is 10.2 Å². The van der Waals surface area contributed by atoms with Crippen LogP contribution in [0, 0.1) is 16.0 Å². The summed E-state index contributed by atoms with van der Waals surface area (Å²) >= 11 is 0. The molecule has 1 heterocycles. The molecular formula is C14H19N3O3. The van der Waals surface area contributed by atoms with Gasteiger partial charge in [0.05, 0.1) is 4.92 Å². The number of nitro benzene ring substituents is 1. The average molecular weight is 277 g/mol. The van der Waals surface area contributed by atoms with Gasteiger partial charge in [0, 0.05) is 24.2 Å². The fourth-order valence-corrected chi connectivity index (χ4v) is 2.37. The molecule has 0 bridgehead atoms. The van der Waals surface area contributed by atoms with Gasteiger partial charge in [-0.25, -0.2) is 0 Å². The van der Waals surface area contributed by atoms with Crippen LogP contribution in [0.2, 0.25) is 0 Å². The van der Waals surface area contributed by atoms with Crippen molar-refractivity contribution in [2.45, 2.75) is 12.8 Å². The summed E-state index contributed by atoms with van der Waals surface area (Å²) in [5, 5.41) is 13.6. The van der Waals surface area contributed by atoms with Gasteiger partial charge in [-0.1, -0.05) is 6.07 Å². The van der Waals surface area contributed by atoms with E-state index in [2.05, 4.69) is 17.3 Å². The number of piperidine rings is 1. The maximum Gasteiger partial charge on any atom is 0.270 e. The summed E-state index contributed by atoms with van der Waals surface area (Å²) in [6.45, 7) is 2.74. The lowest BCUT2D eigenvalue weighted by molar-refractivity contribution is -0.384. The van der Waals surface area contributed by atoms with Gasteiger partial charge in [0.15, 0.2) is 0 Å². The highest BCUT2D eigenvalue weighted by molar-refractivity contribution is 5.94. The number of nitrogens with zero attached hydrogens (tertiary/aromatic N) is 2. The van der Waals surface area contributed by atoms with E-state index in [0.29, 0.717) is 18.0 Å². The Labute approximate surface area is 117 Å². The van der Waals surface area contributed by atoms with E-state index in [1.807, 2.05) is 0 Å². The summed E-state index contributed by atoms with van der Waals surface area (Å²) in [6.07, 6.45) is 2.15. The van der Waals surface area contributed by atoms with Crippen molar-refractivity contribution in [3.05, 3.63) is 39.9 Å². The van der Waals surface area contributed by atoms with Gasteiger partial charge in [-0.2, -0.15) is 0 Å². The van der Waals surface area contributed by atoms with Crippen molar-refractivity contribution < 1.29 is 9.72 Å². The number of non-ortho nitro benzene ring substituents is 1. The summed E-state index contributed by atoms with van der Waals surface area (Å²) in [6, 6.07) is 5.82. The van der Waals surface area contributed by atoms with Gasteiger partial charge in [0.25, 0.3) is 11.6 Å². The van der Waals surface area contributed by atoms with Crippen molar-refractivity contribution in [3.63, 3.8) is 0 Å². The zero-order valence-electron chi connectivity index (χ0n) is 11.5. The van der Waals surface area contributed by atoms with Crippen LogP contribution in [0.1, 0.15) is 23.2 Å². The van der Waals surface area contributed by atoms with Crippen molar-refractivity contribution in [1.29, 1.82) is 0 Å². The molecule has 0 atom stereocenters. The molecule has 108 valence electrons. The Kier molecular flexibility index (Phi) is 4.68. The summed E-state index contributed by atoms with van der Waals surface area (Å²) in [4.78, 5) is 24.4. The van der Waals surface area contributed by atoms with E-state index in [4.69, 9.17) is 0 Å². The van der Waals surface area contributed by atoms with Gasteiger partial charge >= 0.3 is 0 Å². The SMILES string of the molecule is CN1CCC(CNC(=O)c2cccc([N+](=O)[O-])c2)CC1. The minimum Gasteiger partial charge on any atom is -0.352 e. The molecule has 2 rings (SSSR count). The molecule has 0 aromatic heterocycles. The highest BCUT2D eigenvalue weighted by Gasteiger charge is 2.18. The van der Waals surface area contributed by atoms with E-state index in [9.17, 15) is 14.9 Å². The maximum absolute atomic E-state index is 12.0. The van der Waals surface area contributed by atoms with E-state index < -0.39 is 4.92 Å². The van der Waals surface area contributed by atoms with Gasteiger partial charge in [-0.05, 0) is 45.0 Å². The van der Waals surface area contributed by atoms with Crippen LogP contribution in [0.3, 0.4) is 0 Å². The molecule has 0 saturated carbocycles. The van der Waals surface area contributed by atoms with E-state index in [1.165, 1.54) is 18.2 Å². The molecule has 6 heteroatoms. The van der Waals surface area contributed by atoms with Gasteiger partial charge in [0.2, 0.25) is 0 Å². The smallest absolute Gasteiger partial charge is 0.270 e. The van der Waals surface area contributed by atoms with Crippen molar-refractivity contribution in [3.8, 4) is 0 Å². The number of amides is 1. The summed E-state index contributed by atoms with van der Waals surface area (Å²) in [5.41, 5.74) is 0.282. The van der Waals surface area contributed by atoms with E-state index >= 15 is 0 Å². The summed E-state index contributed by atoms with van der Waals surface area (Å²) < 4.78 is 0. The molecule has 0 aliphatic carbocycles. The molecule has 1 aromatic rings. The predicted octanol–water partition coefficient (Wildman–Crippen LogP) is 1.67. The molecule has 0 radical (unpaired) electrons. The number of likely N-dealkylation sites (tertiary alicyclic amines) is 1. The Hall–Kier alpha value is -1.95. The molecule has 0 spiro atoms. The van der Waals surface area contributed by atoms with Crippen LogP contribution in [-0.4, -0.2) is 42.4 Å². The first-order valence-corrected chi connectivity index (χ1v) is 6.77. The van der Waals surface area contributed by atoms with Gasteiger partial charge < -0.3 is 10.2 Å². The molecule has 20 heavy (non-hydrogen) atoms. The largest absolute Gasteiger partial charge is 0.352 e. The first kappa shape index (κ1) is 14.5. The predicted molar refractivity (Wildman–Crippen MR) is 75.7 cm³/mol. The number of carbonyl (C=O) groups is 1. The van der Waals surface area contributed by atoms with Crippen molar-refractivity contribution >= 4 is 11.6 Å². The highest BCUT2D eigenvalue weighted by Crippen LogP contribution is 2.16. The average Bonchev–Trinajstić information content (AvgIpc) is 2.46. The Morgan fingerprint density at radius 2 is 2.15 bits per heavy atom. The number of hydrogen-bond donors (Lipinski definition) is 1. The molecule has 1 N–H and O–H groups in total. The summed E-state index contributed by atoms with van der Waals surface area (Å²) in [7, 11) is 2.10. The Balaban J connectivity index is 1.88. The fourth-order valence-electron chi connectivity index (χ4n) is 2.37. The van der Waals surface area contributed by atoms with Crippen LogP contribution in [-0.2, 0) is 0 Å². The van der Waals surface area contributed by atoms with Gasteiger partial charge in [0.1, 0.15) is 0 Å². The second-order valence-corrected chi connectivity index (χ2v) is 5.26. The number of hydrogen-bond acceptors (Lipinski definition) is 4. The number of rotatable bonds is 4. The number of carbonyl (C=O) groups excluding carboxylic acids is 1. The van der Waals surface area contributed by atoms with Gasteiger partial charge in [-0.15, -0.1) is 0 Å². The lowest BCUT2D eigenvalue weighted by Gasteiger charge is -2.28. The Bertz CT molecular complexity index is 496. The third-order valence-corrected chi connectivity index (χ3v) is 3.71. The Morgan fingerprint density at radius 3 is 2.80 bits per heavy atom. The minimum absolute atomic E-state index is 0.0584. The van der Waals surface area contributed by atoms with E-state index in [1.54, 1.807) is 6.07 Å². The highest BCUT2D eigenvalue weighted by atomic mass is 16.6. The maximum atomic E-state index is 12.0.